The maximum Gasteiger partial charge on any atom is 0.230 e. The van der Waals surface area contributed by atoms with Crippen LogP contribution in [0.15, 0.2) is 29.2 Å². The van der Waals surface area contributed by atoms with Crippen LogP contribution in [0.25, 0.3) is 0 Å². The Hall–Kier alpha value is -1.20. The van der Waals surface area contributed by atoms with Gasteiger partial charge in [-0.25, -0.2) is 0 Å². The lowest BCUT2D eigenvalue weighted by molar-refractivity contribution is -0.118. The lowest BCUT2D eigenvalue weighted by atomic mass is 10.3. The third-order valence-corrected chi connectivity index (χ3v) is 3.11. The number of benzene rings is 1. The van der Waals surface area contributed by atoms with E-state index < -0.39 is 6.10 Å². The fourth-order valence-corrected chi connectivity index (χ4v) is 1.99. The van der Waals surface area contributed by atoms with E-state index in [1.165, 1.54) is 11.8 Å². The molecule has 1 amide bonds. The molecule has 2 N–H and O–H groups in total. The summed E-state index contributed by atoms with van der Waals surface area (Å²) in [6.07, 6.45) is -0.510. The molecule has 0 spiro atoms. The van der Waals surface area contributed by atoms with Gasteiger partial charge in [0.25, 0.3) is 0 Å². The highest BCUT2D eigenvalue weighted by Crippen LogP contribution is 2.21. The first kappa shape index (κ1) is 14.9. The second-order valence-corrected chi connectivity index (χ2v) is 4.89. The number of rotatable bonds is 7. The monoisotopic (exact) mass is 269 g/mol. The van der Waals surface area contributed by atoms with Gasteiger partial charge in [0.2, 0.25) is 5.91 Å². The van der Waals surface area contributed by atoms with Gasteiger partial charge in [-0.15, -0.1) is 11.8 Å². The standard InChI is InChI=1S/C13H19NO3S/c1-3-17-11-4-6-12(7-5-11)18-9-13(16)14-8-10(2)15/h4-7,10,15H,3,8-9H2,1-2H3,(H,14,16). The highest BCUT2D eigenvalue weighted by atomic mass is 32.2. The molecule has 1 atom stereocenters. The predicted molar refractivity (Wildman–Crippen MR) is 73.0 cm³/mol. The first-order chi connectivity index (χ1) is 8.61. The summed E-state index contributed by atoms with van der Waals surface area (Å²) in [6.45, 7) is 4.52. The Balaban J connectivity index is 2.32. The number of aliphatic hydroxyl groups excluding tert-OH is 1. The van der Waals surface area contributed by atoms with Gasteiger partial charge < -0.3 is 15.2 Å². The molecule has 5 heteroatoms. The van der Waals surface area contributed by atoms with E-state index in [9.17, 15) is 4.79 Å². The van der Waals surface area contributed by atoms with Crippen molar-refractivity contribution in [1.29, 1.82) is 0 Å². The summed E-state index contributed by atoms with van der Waals surface area (Å²) in [5, 5.41) is 11.7. The molecule has 0 aliphatic carbocycles. The zero-order valence-electron chi connectivity index (χ0n) is 10.7. The first-order valence-electron chi connectivity index (χ1n) is 5.92. The van der Waals surface area contributed by atoms with Gasteiger partial charge in [-0.1, -0.05) is 0 Å². The zero-order valence-corrected chi connectivity index (χ0v) is 11.5. The molecule has 0 heterocycles. The van der Waals surface area contributed by atoms with E-state index in [0.717, 1.165) is 10.6 Å². The Bertz CT molecular complexity index is 365. The van der Waals surface area contributed by atoms with Gasteiger partial charge in [-0.3, -0.25) is 4.79 Å². The summed E-state index contributed by atoms with van der Waals surface area (Å²) in [5.74, 6) is 1.11. The number of ether oxygens (including phenoxy) is 1. The Morgan fingerprint density at radius 2 is 2.11 bits per heavy atom. The van der Waals surface area contributed by atoms with Crippen molar-refractivity contribution in [2.24, 2.45) is 0 Å². The summed E-state index contributed by atoms with van der Waals surface area (Å²) in [7, 11) is 0. The molecule has 0 saturated carbocycles. The van der Waals surface area contributed by atoms with Gasteiger partial charge in [-0.05, 0) is 38.1 Å². The maximum atomic E-state index is 11.4. The second-order valence-electron chi connectivity index (χ2n) is 3.85. The van der Waals surface area contributed by atoms with Gasteiger partial charge in [0, 0.05) is 11.4 Å². The Labute approximate surface area is 112 Å². The Kier molecular flexibility index (Phi) is 6.60. The average molecular weight is 269 g/mol. The topological polar surface area (TPSA) is 58.6 Å². The summed E-state index contributed by atoms with van der Waals surface area (Å²) >= 11 is 1.46. The predicted octanol–water partition coefficient (Wildman–Crippen LogP) is 1.67. The number of hydrogen-bond acceptors (Lipinski definition) is 4. The third kappa shape index (κ3) is 5.93. The van der Waals surface area contributed by atoms with Crippen LogP contribution >= 0.6 is 11.8 Å². The first-order valence-corrected chi connectivity index (χ1v) is 6.90. The lowest BCUT2D eigenvalue weighted by Gasteiger charge is -2.07. The van der Waals surface area contributed by atoms with Crippen molar-refractivity contribution < 1.29 is 14.6 Å². The molecule has 1 unspecified atom stereocenters. The summed E-state index contributed by atoms with van der Waals surface area (Å²) < 4.78 is 5.34. The molecule has 0 fully saturated rings. The average Bonchev–Trinajstić information content (AvgIpc) is 2.36. The van der Waals surface area contributed by atoms with Crippen molar-refractivity contribution in [1.82, 2.24) is 5.32 Å². The molecular formula is C13H19NO3S. The molecule has 0 saturated heterocycles. The smallest absolute Gasteiger partial charge is 0.230 e. The van der Waals surface area contributed by atoms with Crippen molar-refractivity contribution in [3.8, 4) is 5.75 Å². The van der Waals surface area contributed by atoms with Crippen LogP contribution in [0.5, 0.6) is 5.75 Å². The number of amides is 1. The minimum atomic E-state index is -0.510. The van der Waals surface area contributed by atoms with E-state index in [1.54, 1.807) is 6.92 Å². The van der Waals surface area contributed by atoms with Crippen molar-refractivity contribution in [3.05, 3.63) is 24.3 Å². The van der Waals surface area contributed by atoms with Crippen LogP contribution in [0.1, 0.15) is 13.8 Å². The normalized spacial score (nSPS) is 11.9. The zero-order chi connectivity index (χ0) is 13.4. The molecule has 18 heavy (non-hydrogen) atoms. The summed E-state index contributed by atoms with van der Waals surface area (Å²) in [6, 6.07) is 7.63. The van der Waals surface area contributed by atoms with Gasteiger partial charge in [0.1, 0.15) is 5.75 Å². The highest BCUT2D eigenvalue weighted by Gasteiger charge is 2.04. The molecule has 0 radical (unpaired) electrons. The number of thioether (sulfide) groups is 1. The number of nitrogens with one attached hydrogen (secondary N) is 1. The van der Waals surface area contributed by atoms with Crippen molar-refractivity contribution >= 4 is 17.7 Å². The van der Waals surface area contributed by atoms with Crippen LogP contribution in [-0.2, 0) is 4.79 Å². The fourth-order valence-electron chi connectivity index (χ4n) is 1.26. The molecule has 1 aromatic rings. The molecular weight excluding hydrogens is 250 g/mol. The number of hydrogen-bond donors (Lipinski definition) is 2. The molecule has 1 rings (SSSR count). The second kappa shape index (κ2) is 8.00. The minimum absolute atomic E-state index is 0.0743. The van der Waals surface area contributed by atoms with E-state index in [4.69, 9.17) is 9.84 Å². The molecule has 100 valence electrons. The summed E-state index contributed by atoms with van der Waals surface area (Å²) in [5.41, 5.74) is 0. The van der Waals surface area contributed by atoms with Crippen LogP contribution in [0, 0.1) is 0 Å². The van der Waals surface area contributed by atoms with Crippen molar-refractivity contribution in [3.63, 3.8) is 0 Å². The van der Waals surface area contributed by atoms with Gasteiger partial charge >= 0.3 is 0 Å². The largest absolute Gasteiger partial charge is 0.494 e. The van der Waals surface area contributed by atoms with Crippen molar-refractivity contribution in [2.45, 2.75) is 24.8 Å². The number of carbonyl (C=O) groups is 1. The van der Waals surface area contributed by atoms with Crippen LogP contribution in [0.2, 0.25) is 0 Å². The Morgan fingerprint density at radius 3 is 2.67 bits per heavy atom. The maximum absolute atomic E-state index is 11.4. The fraction of sp³-hybridized carbons (Fsp3) is 0.462. The van der Waals surface area contributed by atoms with Crippen LogP contribution in [0.3, 0.4) is 0 Å². The Morgan fingerprint density at radius 1 is 1.44 bits per heavy atom. The number of carbonyl (C=O) groups excluding carboxylic acids is 1. The molecule has 0 aromatic heterocycles. The SMILES string of the molecule is CCOc1ccc(SCC(=O)NCC(C)O)cc1. The molecule has 0 aliphatic rings. The molecule has 1 aromatic carbocycles. The van der Waals surface area contributed by atoms with E-state index in [0.29, 0.717) is 18.9 Å². The minimum Gasteiger partial charge on any atom is -0.494 e. The van der Waals surface area contributed by atoms with E-state index >= 15 is 0 Å². The molecule has 0 aliphatic heterocycles. The quantitative estimate of drug-likeness (QED) is 0.739. The van der Waals surface area contributed by atoms with Gasteiger partial charge in [-0.2, -0.15) is 0 Å². The van der Waals surface area contributed by atoms with Crippen LogP contribution in [0.4, 0.5) is 0 Å². The van der Waals surface area contributed by atoms with Gasteiger partial charge in [0.15, 0.2) is 0 Å². The van der Waals surface area contributed by atoms with E-state index in [1.807, 2.05) is 31.2 Å². The molecule has 0 bridgehead atoms. The van der Waals surface area contributed by atoms with E-state index in [-0.39, 0.29) is 5.91 Å². The lowest BCUT2D eigenvalue weighted by Crippen LogP contribution is -2.31. The summed E-state index contributed by atoms with van der Waals surface area (Å²) in [4.78, 5) is 12.4. The third-order valence-electron chi connectivity index (χ3n) is 2.10. The number of aliphatic hydroxyl groups is 1. The van der Waals surface area contributed by atoms with E-state index in [2.05, 4.69) is 5.32 Å². The van der Waals surface area contributed by atoms with Crippen LogP contribution < -0.4 is 10.1 Å². The highest BCUT2D eigenvalue weighted by molar-refractivity contribution is 8.00. The van der Waals surface area contributed by atoms with Gasteiger partial charge in [0.05, 0.1) is 18.5 Å². The van der Waals surface area contributed by atoms with Crippen LogP contribution in [-0.4, -0.2) is 36.0 Å². The van der Waals surface area contributed by atoms with Crippen molar-refractivity contribution in [2.75, 3.05) is 18.9 Å². The molecule has 4 nitrogen and oxygen atoms in total.